The van der Waals surface area contributed by atoms with Gasteiger partial charge >= 0.3 is 5.84 Å². The fourth-order valence-electron chi connectivity index (χ4n) is 4.11. The normalized spacial score (nSPS) is 17.1. The van der Waals surface area contributed by atoms with Gasteiger partial charge in [-0.25, -0.2) is 14.4 Å². The Labute approximate surface area is 173 Å². The second-order valence-corrected chi connectivity index (χ2v) is 7.63. The van der Waals surface area contributed by atoms with Crippen LogP contribution in [-0.4, -0.2) is 50.4 Å². The molecule has 1 fully saturated rings. The van der Waals surface area contributed by atoms with Gasteiger partial charge in [0.15, 0.2) is 0 Å². The number of aromatic nitrogens is 4. The fourth-order valence-corrected chi connectivity index (χ4v) is 4.11. The number of imidazole rings is 1. The van der Waals surface area contributed by atoms with Crippen LogP contribution < -0.4 is 5.32 Å². The number of hydrogen-bond acceptors (Lipinski definition) is 6. The van der Waals surface area contributed by atoms with Gasteiger partial charge in [0.2, 0.25) is 5.95 Å². The molecule has 1 aliphatic rings. The number of fused-ring (bicyclic) bond motifs is 1. The maximum Gasteiger partial charge on any atom is 0.306 e. The first kappa shape index (κ1) is 18.7. The van der Waals surface area contributed by atoms with E-state index >= 15 is 0 Å². The quantitative estimate of drug-likeness (QED) is 0.520. The average Bonchev–Trinajstić information content (AvgIpc) is 3.45. The molecule has 5 rings (SSSR count). The molecule has 0 aliphatic carbocycles. The number of rotatable bonds is 6. The van der Waals surface area contributed by atoms with Crippen molar-refractivity contribution in [3.05, 3.63) is 54.8 Å². The SMILES string of the molecule is CN1CCCC1CCNc1nccc(-c2c(-c3ccc(F)cc3)nc3occn23)n1. The molecule has 1 aromatic carbocycles. The topological polar surface area (TPSA) is 71.5 Å². The molecule has 3 aromatic heterocycles. The zero-order chi connectivity index (χ0) is 20.5. The first-order chi connectivity index (χ1) is 14.7. The molecule has 0 amide bonds. The number of anilines is 1. The van der Waals surface area contributed by atoms with Crippen LogP contribution in [0.4, 0.5) is 10.3 Å². The summed E-state index contributed by atoms with van der Waals surface area (Å²) in [6.07, 6.45) is 8.69. The van der Waals surface area contributed by atoms with E-state index in [0.29, 0.717) is 23.5 Å². The van der Waals surface area contributed by atoms with Crippen LogP contribution in [0.3, 0.4) is 0 Å². The largest absolute Gasteiger partial charge is 0.432 e. The Bertz CT molecular complexity index is 1150. The summed E-state index contributed by atoms with van der Waals surface area (Å²) < 4.78 is 20.7. The van der Waals surface area contributed by atoms with Gasteiger partial charge in [-0.05, 0) is 63.2 Å². The van der Waals surface area contributed by atoms with Gasteiger partial charge in [0.05, 0.1) is 5.69 Å². The summed E-state index contributed by atoms with van der Waals surface area (Å²) >= 11 is 0. The molecule has 1 saturated heterocycles. The average molecular weight is 406 g/mol. The van der Waals surface area contributed by atoms with Crippen molar-refractivity contribution < 1.29 is 8.81 Å². The minimum Gasteiger partial charge on any atom is -0.432 e. The van der Waals surface area contributed by atoms with Crippen LogP contribution in [0, 0.1) is 5.82 Å². The molecule has 4 heterocycles. The summed E-state index contributed by atoms with van der Waals surface area (Å²) in [4.78, 5) is 16.1. The minimum absolute atomic E-state index is 0.287. The Morgan fingerprint density at radius 2 is 2.07 bits per heavy atom. The molecule has 154 valence electrons. The summed E-state index contributed by atoms with van der Waals surface area (Å²) in [7, 11) is 2.18. The van der Waals surface area contributed by atoms with Gasteiger partial charge in [-0.15, -0.1) is 0 Å². The second kappa shape index (κ2) is 7.87. The van der Waals surface area contributed by atoms with Crippen LogP contribution in [0.1, 0.15) is 19.3 Å². The van der Waals surface area contributed by atoms with Crippen molar-refractivity contribution in [2.75, 3.05) is 25.5 Å². The molecule has 7 nitrogen and oxygen atoms in total. The van der Waals surface area contributed by atoms with Gasteiger partial charge in [-0.2, -0.15) is 4.98 Å². The van der Waals surface area contributed by atoms with Gasteiger partial charge in [-0.3, -0.25) is 4.40 Å². The van der Waals surface area contributed by atoms with E-state index in [1.165, 1.54) is 31.5 Å². The first-order valence-corrected chi connectivity index (χ1v) is 10.2. The van der Waals surface area contributed by atoms with Crippen molar-refractivity contribution in [3.8, 4) is 22.6 Å². The minimum atomic E-state index is -0.287. The molecule has 0 saturated carbocycles. The molecule has 0 spiro atoms. The lowest BCUT2D eigenvalue weighted by molar-refractivity contribution is 0.301. The van der Waals surface area contributed by atoms with Crippen molar-refractivity contribution in [1.29, 1.82) is 0 Å². The van der Waals surface area contributed by atoms with Gasteiger partial charge in [0, 0.05) is 30.5 Å². The van der Waals surface area contributed by atoms with Crippen molar-refractivity contribution >= 4 is 11.8 Å². The maximum atomic E-state index is 13.4. The predicted octanol–water partition coefficient (Wildman–Crippen LogP) is 4.09. The lowest BCUT2D eigenvalue weighted by atomic mass is 10.1. The van der Waals surface area contributed by atoms with Crippen LogP contribution in [0.15, 0.2) is 53.4 Å². The number of nitrogens with one attached hydrogen (secondary N) is 1. The molecule has 1 aliphatic heterocycles. The summed E-state index contributed by atoms with van der Waals surface area (Å²) in [5, 5.41) is 3.35. The van der Waals surface area contributed by atoms with Crippen LogP contribution >= 0.6 is 0 Å². The van der Waals surface area contributed by atoms with Crippen LogP contribution in [0.25, 0.3) is 28.5 Å². The van der Waals surface area contributed by atoms with Crippen LogP contribution in [0.5, 0.6) is 0 Å². The highest BCUT2D eigenvalue weighted by molar-refractivity contribution is 5.79. The highest BCUT2D eigenvalue weighted by atomic mass is 19.1. The van der Waals surface area contributed by atoms with E-state index in [1.807, 2.05) is 10.5 Å². The highest BCUT2D eigenvalue weighted by Gasteiger charge is 2.21. The number of nitrogens with zero attached hydrogens (tertiary/aromatic N) is 5. The van der Waals surface area contributed by atoms with E-state index in [-0.39, 0.29) is 5.82 Å². The molecular weight excluding hydrogens is 383 g/mol. The summed E-state index contributed by atoms with van der Waals surface area (Å²) in [6, 6.07) is 8.73. The molecule has 0 bridgehead atoms. The van der Waals surface area contributed by atoms with Gasteiger partial charge in [-0.1, -0.05) is 0 Å². The maximum absolute atomic E-state index is 13.4. The van der Waals surface area contributed by atoms with Gasteiger partial charge < -0.3 is 14.6 Å². The Balaban J connectivity index is 1.44. The molecule has 1 atom stereocenters. The molecule has 1 unspecified atom stereocenters. The first-order valence-electron chi connectivity index (χ1n) is 10.2. The van der Waals surface area contributed by atoms with Gasteiger partial charge in [0.1, 0.15) is 23.5 Å². The van der Waals surface area contributed by atoms with E-state index in [1.54, 1.807) is 30.8 Å². The van der Waals surface area contributed by atoms with Crippen LogP contribution in [0.2, 0.25) is 0 Å². The summed E-state index contributed by atoms with van der Waals surface area (Å²) in [5.74, 6) is 0.753. The molecule has 1 N–H and O–H groups in total. The molecule has 30 heavy (non-hydrogen) atoms. The Morgan fingerprint density at radius 3 is 2.87 bits per heavy atom. The van der Waals surface area contributed by atoms with E-state index in [9.17, 15) is 4.39 Å². The van der Waals surface area contributed by atoms with E-state index in [2.05, 4.69) is 27.2 Å². The fraction of sp³-hybridized carbons (Fsp3) is 0.318. The lowest BCUT2D eigenvalue weighted by Crippen LogP contribution is -2.27. The number of hydrogen-bond donors (Lipinski definition) is 1. The summed E-state index contributed by atoms with van der Waals surface area (Å²) in [5.41, 5.74) is 2.99. The highest BCUT2D eigenvalue weighted by Crippen LogP contribution is 2.32. The molecule has 4 aromatic rings. The third kappa shape index (κ3) is 3.54. The Kier molecular flexibility index (Phi) is 4.92. The summed E-state index contributed by atoms with van der Waals surface area (Å²) in [6.45, 7) is 1.99. The second-order valence-electron chi connectivity index (χ2n) is 7.63. The van der Waals surface area contributed by atoms with E-state index in [0.717, 1.165) is 29.9 Å². The number of benzene rings is 1. The van der Waals surface area contributed by atoms with Crippen LogP contribution in [-0.2, 0) is 0 Å². The number of oxazole rings is 1. The van der Waals surface area contributed by atoms with Crippen molar-refractivity contribution in [3.63, 3.8) is 0 Å². The molecular formula is C22H23FN6O. The predicted molar refractivity (Wildman–Crippen MR) is 113 cm³/mol. The number of halogens is 1. The molecule has 8 heteroatoms. The smallest absolute Gasteiger partial charge is 0.306 e. The standard InChI is InChI=1S/C22H23FN6O/c1-28-12-2-3-17(28)8-10-24-21-25-11-9-18(26-21)20-19(15-4-6-16(23)7-5-15)27-22-29(20)13-14-30-22/h4-7,9,11,13-14,17H,2-3,8,10,12H2,1H3,(H,24,25,26). The van der Waals surface area contributed by atoms with Crippen molar-refractivity contribution in [1.82, 2.24) is 24.3 Å². The molecule has 0 radical (unpaired) electrons. The van der Waals surface area contributed by atoms with Gasteiger partial charge in [0.25, 0.3) is 0 Å². The van der Waals surface area contributed by atoms with E-state index < -0.39 is 0 Å². The zero-order valence-electron chi connectivity index (χ0n) is 16.8. The monoisotopic (exact) mass is 406 g/mol. The third-order valence-corrected chi connectivity index (χ3v) is 5.71. The Hall–Kier alpha value is -3.26. The van der Waals surface area contributed by atoms with E-state index in [4.69, 9.17) is 9.40 Å². The zero-order valence-corrected chi connectivity index (χ0v) is 16.8. The Morgan fingerprint density at radius 1 is 1.20 bits per heavy atom. The van der Waals surface area contributed by atoms with Crippen molar-refractivity contribution in [2.24, 2.45) is 0 Å². The third-order valence-electron chi connectivity index (χ3n) is 5.71. The lowest BCUT2D eigenvalue weighted by Gasteiger charge is -2.19. The number of likely N-dealkylation sites (tertiary alicyclic amines) is 1. The van der Waals surface area contributed by atoms with Crippen molar-refractivity contribution in [2.45, 2.75) is 25.3 Å².